The lowest BCUT2D eigenvalue weighted by atomic mass is 10.1. The van der Waals surface area contributed by atoms with Gasteiger partial charge in [-0.2, -0.15) is 0 Å². The second-order valence-electron chi connectivity index (χ2n) is 5.73. The van der Waals surface area contributed by atoms with Gasteiger partial charge in [-0.15, -0.1) is 0 Å². The van der Waals surface area contributed by atoms with Crippen LogP contribution in [0.4, 0.5) is 0 Å². The summed E-state index contributed by atoms with van der Waals surface area (Å²) in [4.78, 5) is 0. The quantitative estimate of drug-likeness (QED) is 0.374. The molecule has 4 saturated heterocycles. The second-order valence-corrected chi connectivity index (χ2v) is 7.21. The summed E-state index contributed by atoms with van der Waals surface area (Å²) in [6.07, 6.45) is -2.65. The maximum Gasteiger partial charge on any atom is 0.125 e. The van der Waals surface area contributed by atoms with Gasteiger partial charge in [0.1, 0.15) is 48.8 Å². The zero-order chi connectivity index (χ0) is 15.1. The second kappa shape index (κ2) is 6.71. The van der Waals surface area contributed by atoms with E-state index in [0.29, 0.717) is 13.2 Å². The lowest BCUT2D eigenvalue weighted by Gasteiger charge is -2.17. The number of hydrogen-bond acceptors (Lipinski definition) is 10. The number of hydrogen-bond donors (Lipinski definition) is 2. The van der Waals surface area contributed by atoms with Crippen LogP contribution in [0.2, 0.25) is 0 Å². The molecule has 4 fully saturated rings. The summed E-state index contributed by atoms with van der Waals surface area (Å²) < 4.78 is 33.1. The van der Waals surface area contributed by atoms with Crippen LogP contribution < -0.4 is 0 Å². The summed E-state index contributed by atoms with van der Waals surface area (Å²) in [5.74, 6) is 0. The molecule has 0 aromatic heterocycles. The molecule has 10 heteroatoms. The summed E-state index contributed by atoms with van der Waals surface area (Å²) in [7, 11) is 0. The van der Waals surface area contributed by atoms with Crippen molar-refractivity contribution in [3.8, 4) is 0 Å². The lowest BCUT2D eigenvalue weighted by Crippen LogP contribution is -2.32. The SMILES string of the molecule is O[C@@H]1CO[C@H]2[C@@H]1OC[C@@H]2OSSO[C@H]1CO[C@H]2[C@@H]1OC[C@H]2O. The van der Waals surface area contributed by atoms with Gasteiger partial charge in [-0.05, 0) is 0 Å². The minimum absolute atomic E-state index is 0.222. The molecule has 0 radical (unpaired) electrons. The molecule has 0 saturated carbocycles. The average molecular weight is 354 g/mol. The van der Waals surface area contributed by atoms with Gasteiger partial charge in [0.05, 0.1) is 48.6 Å². The Morgan fingerprint density at radius 2 is 1.05 bits per heavy atom. The maximum absolute atomic E-state index is 9.65. The Kier molecular flexibility index (Phi) is 4.84. The van der Waals surface area contributed by atoms with Crippen LogP contribution in [0.25, 0.3) is 0 Å². The predicted molar refractivity (Wildman–Crippen MR) is 75.9 cm³/mol. The van der Waals surface area contributed by atoms with E-state index in [9.17, 15) is 10.2 Å². The molecule has 8 atom stereocenters. The smallest absolute Gasteiger partial charge is 0.125 e. The van der Waals surface area contributed by atoms with E-state index in [1.165, 1.54) is 0 Å². The minimum Gasteiger partial charge on any atom is -0.388 e. The van der Waals surface area contributed by atoms with Gasteiger partial charge >= 0.3 is 0 Å². The molecule has 22 heavy (non-hydrogen) atoms. The van der Waals surface area contributed by atoms with Gasteiger partial charge in [-0.3, -0.25) is 8.37 Å². The van der Waals surface area contributed by atoms with E-state index < -0.39 is 12.2 Å². The van der Waals surface area contributed by atoms with E-state index in [-0.39, 0.29) is 49.8 Å². The Labute approximate surface area is 135 Å². The standard InChI is InChI=1S/C12H18O8S2/c13-5-1-15-11-7(3-17-9(5)11)19-21-22-20-8-4-18-10-6(14)2-16-12(8)10/h5-14H,1-4H2/t5-,6-,7+,8+,9-,10-,11-,12-/m1/s1. The molecule has 2 N–H and O–H groups in total. The molecule has 126 valence electrons. The fourth-order valence-corrected chi connectivity index (χ4v) is 4.58. The molecule has 4 aliphatic rings. The zero-order valence-corrected chi connectivity index (χ0v) is 13.2. The largest absolute Gasteiger partial charge is 0.388 e. The molecule has 0 aromatic carbocycles. The van der Waals surface area contributed by atoms with Crippen molar-refractivity contribution < 1.29 is 37.5 Å². The van der Waals surface area contributed by atoms with Crippen molar-refractivity contribution in [3.63, 3.8) is 0 Å². The molecule has 0 aliphatic carbocycles. The highest BCUT2D eigenvalue weighted by molar-refractivity contribution is 8.73. The summed E-state index contributed by atoms with van der Waals surface area (Å²) >= 11 is 2.20. The van der Waals surface area contributed by atoms with E-state index >= 15 is 0 Å². The molecule has 0 aromatic rings. The van der Waals surface area contributed by atoms with Crippen molar-refractivity contribution in [2.45, 2.75) is 48.8 Å². The molecule has 0 amide bonds. The van der Waals surface area contributed by atoms with Gasteiger partial charge in [0, 0.05) is 0 Å². The molecule has 0 bridgehead atoms. The molecule has 4 aliphatic heterocycles. The van der Waals surface area contributed by atoms with Crippen molar-refractivity contribution in [1.29, 1.82) is 0 Å². The van der Waals surface area contributed by atoms with Crippen molar-refractivity contribution in [1.82, 2.24) is 0 Å². The highest BCUT2D eigenvalue weighted by Gasteiger charge is 2.49. The van der Waals surface area contributed by atoms with Gasteiger partial charge in [-0.25, -0.2) is 0 Å². The minimum atomic E-state index is -0.578. The first-order valence-electron chi connectivity index (χ1n) is 7.22. The fraction of sp³-hybridized carbons (Fsp3) is 1.00. The van der Waals surface area contributed by atoms with Crippen LogP contribution in [0.15, 0.2) is 0 Å². The van der Waals surface area contributed by atoms with E-state index in [2.05, 4.69) is 0 Å². The number of aliphatic hydroxyl groups is 2. The van der Waals surface area contributed by atoms with E-state index in [1.54, 1.807) is 0 Å². The topological polar surface area (TPSA) is 95.8 Å². The highest BCUT2D eigenvalue weighted by atomic mass is 33.1. The van der Waals surface area contributed by atoms with Crippen LogP contribution in [0.1, 0.15) is 0 Å². The Balaban J connectivity index is 1.18. The normalized spacial score (nSPS) is 50.5. The van der Waals surface area contributed by atoms with Gasteiger partial charge in [0.15, 0.2) is 0 Å². The van der Waals surface area contributed by atoms with Crippen LogP contribution >= 0.6 is 22.1 Å². The van der Waals surface area contributed by atoms with Crippen LogP contribution in [0, 0.1) is 0 Å². The molecule has 0 spiro atoms. The Bertz CT molecular complexity index is 365. The lowest BCUT2D eigenvalue weighted by molar-refractivity contribution is 0.0112. The fourth-order valence-electron chi connectivity index (χ4n) is 3.19. The maximum atomic E-state index is 9.65. The van der Waals surface area contributed by atoms with Crippen LogP contribution in [0.5, 0.6) is 0 Å². The van der Waals surface area contributed by atoms with E-state index in [1.807, 2.05) is 0 Å². The van der Waals surface area contributed by atoms with Gasteiger partial charge < -0.3 is 29.2 Å². The van der Waals surface area contributed by atoms with Crippen LogP contribution in [0.3, 0.4) is 0 Å². The molecule has 4 heterocycles. The number of ether oxygens (including phenoxy) is 4. The third-order valence-electron chi connectivity index (χ3n) is 4.32. The molecule has 0 unspecified atom stereocenters. The molecular weight excluding hydrogens is 336 g/mol. The van der Waals surface area contributed by atoms with Crippen molar-refractivity contribution in [2.24, 2.45) is 0 Å². The van der Waals surface area contributed by atoms with Crippen LogP contribution in [-0.4, -0.2) is 85.5 Å². The average Bonchev–Trinajstić information content (AvgIpc) is 3.23. The summed E-state index contributed by atoms with van der Waals surface area (Å²) in [5, 5.41) is 19.3. The summed E-state index contributed by atoms with van der Waals surface area (Å²) in [6, 6.07) is 0. The first kappa shape index (κ1) is 15.9. The van der Waals surface area contributed by atoms with E-state index in [4.69, 9.17) is 27.3 Å². The van der Waals surface area contributed by atoms with Gasteiger partial charge in [-0.1, -0.05) is 0 Å². The monoisotopic (exact) mass is 354 g/mol. The first-order chi connectivity index (χ1) is 10.7. The molecular formula is C12H18O8S2. The summed E-state index contributed by atoms with van der Waals surface area (Å²) in [6.45, 7) is 1.36. The number of fused-ring (bicyclic) bond motifs is 2. The van der Waals surface area contributed by atoms with Crippen LogP contribution in [-0.2, 0) is 27.3 Å². The van der Waals surface area contributed by atoms with Gasteiger partial charge in [0.25, 0.3) is 0 Å². The highest BCUT2D eigenvalue weighted by Crippen LogP contribution is 2.37. The van der Waals surface area contributed by atoms with Gasteiger partial charge in [0.2, 0.25) is 0 Å². The van der Waals surface area contributed by atoms with Crippen molar-refractivity contribution in [2.75, 3.05) is 26.4 Å². The van der Waals surface area contributed by atoms with Crippen molar-refractivity contribution >= 4 is 22.1 Å². The first-order valence-corrected chi connectivity index (χ1v) is 9.22. The Morgan fingerprint density at radius 1 is 0.636 bits per heavy atom. The Morgan fingerprint density at radius 3 is 1.50 bits per heavy atom. The van der Waals surface area contributed by atoms with E-state index in [0.717, 1.165) is 22.1 Å². The third kappa shape index (κ3) is 2.90. The predicted octanol–water partition coefficient (Wildman–Crippen LogP) is -0.715. The molecule has 8 nitrogen and oxygen atoms in total. The number of rotatable bonds is 5. The summed E-state index contributed by atoms with van der Waals surface area (Å²) in [5.41, 5.74) is 0. The number of aliphatic hydroxyl groups excluding tert-OH is 2. The Hall–Kier alpha value is 0.380. The molecule has 4 rings (SSSR count). The van der Waals surface area contributed by atoms with Crippen molar-refractivity contribution in [3.05, 3.63) is 0 Å². The zero-order valence-electron chi connectivity index (χ0n) is 11.6. The third-order valence-corrected chi connectivity index (χ3v) is 5.66.